The summed E-state index contributed by atoms with van der Waals surface area (Å²) in [6.07, 6.45) is 3.23. The van der Waals surface area contributed by atoms with E-state index >= 15 is 0 Å². The molecule has 2 fully saturated rings. The minimum absolute atomic E-state index is 0.00258. The Morgan fingerprint density at radius 3 is 2.50 bits per heavy atom. The Kier molecular flexibility index (Phi) is 3.74. The Labute approximate surface area is 124 Å². The molecule has 0 saturated heterocycles. The molecule has 20 heavy (non-hydrogen) atoms. The summed E-state index contributed by atoms with van der Waals surface area (Å²) in [6.45, 7) is 2.14. The topological polar surface area (TPSA) is 55.1 Å². The fraction of sp³-hybridized carbons (Fsp3) is 0.562. The van der Waals surface area contributed by atoms with Crippen molar-refractivity contribution in [2.75, 3.05) is 0 Å². The zero-order valence-corrected chi connectivity index (χ0v) is 12.4. The number of nitrogens with two attached hydrogens (primary N) is 1. The average molecular weight is 293 g/mol. The third-order valence-electron chi connectivity index (χ3n) is 4.88. The molecule has 3 N–H and O–H groups in total. The number of amides is 1. The van der Waals surface area contributed by atoms with E-state index < -0.39 is 0 Å². The van der Waals surface area contributed by atoms with Gasteiger partial charge < -0.3 is 11.1 Å². The molecule has 0 radical (unpaired) electrons. The lowest BCUT2D eigenvalue weighted by atomic mass is 9.99. The van der Waals surface area contributed by atoms with Crippen LogP contribution in [0.2, 0.25) is 5.02 Å². The summed E-state index contributed by atoms with van der Waals surface area (Å²) < 4.78 is 0. The second-order valence-corrected chi connectivity index (χ2v) is 6.57. The van der Waals surface area contributed by atoms with E-state index in [1.165, 1.54) is 0 Å². The van der Waals surface area contributed by atoms with Gasteiger partial charge in [-0.05, 0) is 61.3 Å². The van der Waals surface area contributed by atoms with Crippen LogP contribution in [0.5, 0.6) is 0 Å². The molecule has 4 heteroatoms. The second kappa shape index (κ2) is 5.38. The van der Waals surface area contributed by atoms with Crippen molar-refractivity contribution in [3.8, 4) is 0 Å². The first-order chi connectivity index (χ1) is 9.60. The molecule has 2 aliphatic rings. The van der Waals surface area contributed by atoms with E-state index in [0.717, 1.165) is 31.1 Å². The summed E-state index contributed by atoms with van der Waals surface area (Å²) in [4.78, 5) is 12.3. The summed E-state index contributed by atoms with van der Waals surface area (Å²) >= 11 is 5.84. The minimum Gasteiger partial charge on any atom is -0.349 e. The third kappa shape index (κ3) is 2.57. The lowest BCUT2D eigenvalue weighted by molar-refractivity contribution is 0.0927. The molecule has 2 aliphatic carbocycles. The van der Waals surface area contributed by atoms with Crippen LogP contribution < -0.4 is 11.1 Å². The Morgan fingerprint density at radius 2 is 1.95 bits per heavy atom. The molecule has 0 aliphatic heterocycles. The third-order valence-corrected chi connectivity index (χ3v) is 5.13. The first-order valence-corrected chi connectivity index (χ1v) is 7.80. The summed E-state index contributed by atoms with van der Waals surface area (Å²) in [5, 5.41) is 3.84. The van der Waals surface area contributed by atoms with Crippen molar-refractivity contribution in [2.24, 2.45) is 23.5 Å². The molecule has 3 atom stereocenters. The van der Waals surface area contributed by atoms with Gasteiger partial charge in [0.15, 0.2) is 0 Å². The maximum absolute atomic E-state index is 12.3. The fourth-order valence-electron chi connectivity index (χ4n) is 3.85. The number of rotatable bonds is 4. The number of carbonyl (C=O) groups excluding carboxylic acids is 1. The number of carbonyl (C=O) groups is 1. The Balaban J connectivity index is 1.61. The Bertz CT molecular complexity index is 490. The summed E-state index contributed by atoms with van der Waals surface area (Å²) in [5.74, 6) is 2.11. The van der Waals surface area contributed by atoms with Crippen molar-refractivity contribution in [3.05, 3.63) is 34.9 Å². The van der Waals surface area contributed by atoms with Crippen molar-refractivity contribution in [3.63, 3.8) is 0 Å². The van der Waals surface area contributed by atoms with Gasteiger partial charge in [0.2, 0.25) is 0 Å². The molecule has 2 saturated carbocycles. The maximum atomic E-state index is 12.3. The zero-order valence-electron chi connectivity index (χ0n) is 11.7. The van der Waals surface area contributed by atoms with Crippen LogP contribution >= 0.6 is 11.6 Å². The largest absolute Gasteiger partial charge is 0.349 e. The predicted molar refractivity (Wildman–Crippen MR) is 80.7 cm³/mol. The number of fused-ring (bicyclic) bond motifs is 1. The van der Waals surface area contributed by atoms with Gasteiger partial charge in [0, 0.05) is 22.7 Å². The fourth-order valence-corrected chi connectivity index (χ4v) is 3.98. The quantitative estimate of drug-likeness (QED) is 0.896. The van der Waals surface area contributed by atoms with Crippen LogP contribution in [0.4, 0.5) is 0 Å². The van der Waals surface area contributed by atoms with Crippen LogP contribution in [0, 0.1) is 17.8 Å². The molecule has 108 valence electrons. The molecule has 0 aromatic heterocycles. The van der Waals surface area contributed by atoms with Gasteiger partial charge in [-0.2, -0.15) is 0 Å². The van der Waals surface area contributed by atoms with Gasteiger partial charge in [0.25, 0.3) is 5.91 Å². The van der Waals surface area contributed by atoms with E-state index in [2.05, 4.69) is 12.2 Å². The number of benzene rings is 1. The standard InChI is InChI=1S/C16H21ClN2O/c1-2-14(15-12-7-11(18)8-13(12)15)19-16(20)9-3-5-10(17)6-4-9/h3-6,11-15H,2,7-8,18H2,1H3,(H,19,20). The van der Waals surface area contributed by atoms with Gasteiger partial charge in [-0.15, -0.1) is 0 Å². The lowest BCUT2D eigenvalue weighted by Gasteiger charge is -2.20. The second-order valence-electron chi connectivity index (χ2n) is 6.13. The van der Waals surface area contributed by atoms with Crippen LogP contribution in [0.1, 0.15) is 36.5 Å². The van der Waals surface area contributed by atoms with Gasteiger partial charge in [0.1, 0.15) is 0 Å². The molecule has 0 bridgehead atoms. The normalized spacial score (nSPS) is 32.5. The molecule has 3 nitrogen and oxygen atoms in total. The molecular formula is C16H21ClN2O. The van der Waals surface area contributed by atoms with Gasteiger partial charge in [-0.1, -0.05) is 18.5 Å². The van der Waals surface area contributed by atoms with Crippen LogP contribution in [-0.2, 0) is 0 Å². The molecular weight excluding hydrogens is 272 g/mol. The predicted octanol–water partition coefficient (Wildman–Crippen LogP) is 2.83. The number of hydrogen-bond acceptors (Lipinski definition) is 2. The smallest absolute Gasteiger partial charge is 0.251 e. The first-order valence-electron chi connectivity index (χ1n) is 7.42. The van der Waals surface area contributed by atoms with Crippen molar-refractivity contribution >= 4 is 17.5 Å². The van der Waals surface area contributed by atoms with Gasteiger partial charge >= 0.3 is 0 Å². The first kappa shape index (κ1) is 13.9. The summed E-state index contributed by atoms with van der Waals surface area (Å²) in [6, 6.07) is 7.71. The number of hydrogen-bond donors (Lipinski definition) is 2. The van der Waals surface area contributed by atoms with Gasteiger partial charge in [0.05, 0.1) is 0 Å². The highest BCUT2D eigenvalue weighted by Crippen LogP contribution is 2.58. The number of halogens is 1. The van der Waals surface area contributed by atoms with Crippen molar-refractivity contribution in [1.29, 1.82) is 0 Å². The lowest BCUT2D eigenvalue weighted by Crippen LogP contribution is -2.38. The van der Waals surface area contributed by atoms with Crippen LogP contribution in [0.25, 0.3) is 0 Å². The molecule has 1 aromatic rings. The van der Waals surface area contributed by atoms with E-state index in [1.54, 1.807) is 24.3 Å². The average Bonchev–Trinajstić information content (AvgIpc) is 2.92. The van der Waals surface area contributed by atoms with E-state index in [0.29, 0.717) is 22.5 Å². The summed E-state index contributed by atoms with van der Waals surface area (Å²) in [7, 11) is 0. The summed E-state index contributed by atoms with van der Waals surface area (Å²) in [5.41, 5.74) is 6.64. The molecule has 0 heterocycles. The van der Waals surface area contributed by atoms with Gasteiger partial charge in [-0.25, -0.2) is 0 Å². The van der Waals surface area contributed by atoms with E-state index in [9.17, 15) is 4.79 Å². The minimum atomic E-state index is 0.00258. The number of nitrogens with one attached hydrogen (secondary N) is 1. The monoisotopic (exact) mass is 292 g/mol. The molecule has 1 aromatic carbocycles. The maximum Gasteiger partial charge on any atom is 0.251 e. The highest BCUT2D eigenvalue weighted by atomic mass is 35.5. The Hall–Kier alpha value is -1.06. The SMILES string of the molecule is CCC(NC(=O)c1ccc(Cl)cc1)C1C2CC(N)CC21. The van der Waals surface area contributed by atoms with E-state index in [1.807, 2.05) is 0 Å². The van der Waals surface area contributed by atoms with Crippen LogP contribution in [0.3, 0.4) is 0 Å². The molecule has 3 unspecified atom stereocenters. The molecule has 1 amide bonds. The van der Waals surface area contributed by atoms with E-state index in [4.69, 9.17) is 17.3 Å². The van der Waals surface area contributed by atoms with Gasteiger partial charge in [-0.3, -0.25) is 4.79 Å². The highest BCUT2D eigenvalue weighted by Gasteiger charge is 2.57. The van der Waals surface area contributed by atoms with Crippen molar-refractivity contribution in [2.45, 2.75) is 38.3 Å². The van der Waals surface area contributed by atoms with Crippen molar-refractivity contribution in [1.82, 2.24) is 5.32 Å². The van der Waals surface area contributed by atoms with Crippen LogP contribution in [0.15, 0.2) is 24.3 Å². The van der Waals surface area contributed by atoms with Crippen molar-refractivity contribution < 1.29 is 4.79 Å². The highest BCUT2D eigenvalue weighted by molar-refractivity contribution is 6.30. The van der Waals surface area contributed by atoms with E-state index in [-0.39, 0.29) is 11.9 Å². The molecule has 3 rings (SSSR count). The van der Waals surface area contributed by atoms with Crippen LogP contribution in [-0.4, -0.2) is 18.0 Å². The Morgan fingerprint density at radius 1 is 1.35 bits per heavy atom. The zero-order chi connectivity index (χ0) is 14.3. The molecule has 0 spiro atoms.